The van der Waals surface area contributed by atoms with Crippen LogP contribution in [0.1, 0.15) is 18.6 Å². The summed E-state index contributed by atoms with van der Waals surface area (Å²) in [5, 5.41) is 10.6. The lowest BCUT2D eigenvalue weighted by atomic mass is 10.1. The lowest BCUT2D eigenvalue weighted by molar-refractivity contribution is -0.384. The van der Waals surface area contributed by atoms with Crippen molar-refractivity contribution in [3.05, 3.63) is 61.6 Å². The molecule has 0 saturated heterocycles. The summed E-state index contributed by atoms with van der Waals surface area (Å²) in [6.45, 7) is 1.48. The van der Waals surface area contributed by atoms with Crippen molar-refractivity contribution in [3.63, 3.8) is 0 Å². The molecule has 2 N–H and O–H groups in total. The molecule has 0 aliphatic carbocycles. The quantitative estimate of drug-likeness (QED) is 0.363. The van der Waals surface area contributed by atoms with Crippen LogP contribution in [-0.2, 0) is 0 Å². The van der Waals surface area contributed by atoms with Crippen molar-refractivity contribution in [1.82, 2.24) is 0 Å². The number of anilines is 1. The van der Waals surface area contributed by atoms with E-state index in [9.17, 15) is 18.9 Å². The van der Waals surface area contributed by atoms with Crippen LogP contribution in [0, 0.1) is 21.7 Å². The first-order valence-electron chi connectivity index (χ1n) is 6.25. The van der Waals surface area contributed by atoms with Crippen molar-refractivity contribution < 1.29 is 18.4 Å². The van der Waals surface area contributed by atoms with Gasteiger partial charge in [-0.15, -0.1) is 0 Å². The highest BCUT2D eigenvalue weighted by Gasteiger charge is 2.22. The number of nitrogens with two attached hydrogens (primary N) is 1. The second-order valence-corrected chi connectivity index (χ2v) is 5.40. The molecule has 0 aliphatic heterocycles. The molecule has 2 aromatic carbocycles. The van der Waals surface area contributed by atoms with Crippen molar-refractivity contribution in [2.75, 3.05) is 5.73 Å². The zero-order valence-electron chi connectivity index (χ0n) is 11.6. The summed E-state index contributed by atoms with van der Waals surface area (Å²) in [6.07, 6.45) is -0.916. The van der Waals surface area contributed by atoms with Gasteiger partial charge < -0.3 is 10.5 Å². The molecule has 2 aromatic rings. The third kappa shape index (κ3) is 3.46. The first kappa shape index (κ1) is 17.2. The standard InChI is InChI=1S/C14H10Cl2F2N2O3/c1-6(13-7(15)2-3-8(17)14(13)16)23-12-5-10(19)11(20(21)22)4-9(12)18/h2-6H,19H2,1H3. The predicted octanol–water partition coefficient (Wildman–Crippen LogP) is 4.90. The third-order valence-corrected chi connectivity index (χ3v) is 3.78. The van der Waals surface area contributed by atoms with E-state index in [0.717, 1.165) is 12.1 Å². The van der Waals surface area contributed by atoms with Crippen LogP contribution in [0.5, 0.6) is 5.75 Å². The van der Waals surface area contributed by atoms with E-state index in [1.165, 1.54) is 13.0 Å². The zero-order valence-corrected chi connectivity index (χ0v) is 13.2. The summed E-state index contributed by atoms with van der Waals surface area (Å²) in [6, 6.07) is 4.00. The molecular formula is C14H10Cl2F2N2O3. The van der Waals surface area contributed by atoms with Crippen molar-refractivity contribution in [1.29, 1.82) is 0 Å². The molecule has 2 rings (SSSR count). The van der Waals surface area contributed by atoms with Crippen LogP contribution in [0.15, 0.2) is 24.3 Å². The molecule has 5 nitrogen and oxygen atoms in total. The van der Waals surface area contributed by atoms with Gasteiger partial charge >= 0.3 is 0 Å². The first-order valence-corrected chi connectivity index (χ1v) is 7.01. The fraction of sp³-hybridized carbons (Fsp3) is 0.143. The molecule has 0 bridgehead atoms. The molecular weight excluding hydrogens is 353 g/mol. The van der Waals surface area contributed by atoms with Crippen LogP contribution in [-0.4, -0.2) is 4.92 Å². The lowest BCUT2D eigenvalue weighted by Crippen LogP contribution is -2.08. The third-order valence-electron chi connectivity index (χ3n) is 3.07. The van der Waals surface area contributed by atoms with Crippen LogP contribution < -0.4 is 10.5 Å². The van der Waals surface area contributed by atoms with E-state index in [4.69, 9.17) is 33.7 Å². The maximum Gasteiger partial charge on any atom is 0.295 e. The second kappa shape index (κ2) is 6.55. The number of nitrogen functional groups attached to an aromatic ring is 1. The van der Waals surface area contributed by atoms with Gasteiger partial charge in [0, 0.05) is 16.7 Å². The molecule has 0 radical (unpaired) electrons. The van der Waals surface area contributed by atoms with Gasteiger partial charge in [-0.05, 0) is 19.1 Å². The summed E-state index contributed by atoms with van der Waals surface area (Å²) in [7, 11) is 0. The van der Waals surface area contributed by atoms with Crippen molar-refractivity contribution in [2.45, 2.75) is 13.0 Å². The van der Waals surface area contributed by atoms with Gasteiger partial charge in [0.25, 0.3) is 5.69 Å². The maximum absolute atomic E-state index is 13.9. The molecule has 0 saturated carbocycles. The van der Waals surface area contributed by atoms with E-state index in [1.54, 1.807) is 0 Å². The van der Waals surface area contributed by atoms with Gasteiger partial charge in [0.2, 0.25) is 0 Å². The average Bonchev–Trinajstić information content (AvgIpc) is 2.46. The van der Waals surface area contributed by atoms with Crippen molar-refractivity contribution in [2.24, 2.45) is 0 Å². The molecule has 1 atom stereocenters. The average molecular weight is 363 g/mol. The Morgan fingerprint density at radius 2 is 1.91 bits per heavy atom. The van der Waals surface area contributed by atoms with Crippen LogP contribution in [0.4, 0.5) is 20.2 Å². The summed E-state index contributed by atoms with van der Waals surface area (Å²) in [5.41, 5.74) is 4.77. The van der Waals surface area contributed by atoms with E-state index >= 15 is 0 Å². The SMILES string of the molecule is CC(Oc1cc(N)c([N+](=O)[O-])cc1F)c1c(Cl)ccc(F)c1Cl. The number of ether oxygens (including phenoxy) is 1. The smallest absolute Gasteiger partial charge is 0.295 e. The maximum atomic E-state index is 13.9. The number of nitro benzene ring substituents is 1. The second-order valence-electron chi connectivity index (χ2n) is 4.62. The minimum Gasteiger partial charge on any atom is -0.483 e. The van der Waals surface area contributed by atoms with Gasteiger partial charge in [-0.2, -0.15) is 0 Å². The summed E-state index contributed by atoms with van der Waals surface area (Å²) < 4.78 is 32.8. The van der Waals surface area contributed by atoms with Crippen LogP contribution in [0.2, 0.25) is 10.0 Å². The Hall–Kier alpha value is -2.12. The monoisotopic (exact) mass is 362 g/mol. The van der Waals surface area contributed by atoms with Gasteiger partial charge in [-0.25, -0.2) is 8.78 Å². The Bertz CT molecular complexity index is 787. The van der Waals surface area contributed by atoms with Crippen LogP contribution >= 0.6 is 23.2 Å². The van der Waals surface area contributed by atoms with Crippen molar-refractivity contribution >= 4 is 34.6 Å². The van der Waals surface area contributed by atoms with Crippen LogP contribution in [0.3, 0.4) is 0 Å². The number of hydrogen-bond acceptors (Lipinski definition) is 4. The Kier molecular flexibility index (Phi) is 4.91. The molecule has 0 heterocycles. The predicted molar refractivity (Wildman–Crippen MR) is 82.9 cm³/mol. The number of rotatable bonds is 4. The highest BCUT2D eigenvalue weighted by molar-refractivity contribution is 6.36. The molecule has 23 heavy (non-hydrogen) atoms. The van der Waals surface area contributed by atoms with E-state index < -0.39 is 28.3 Å². The molecule has 9 heteroatoms. The molecule has 1 unspecified atom stereocenters. The summed E-state index contributed by atoms with van der Waals surface area (Å²) in [5.74, 6) is -2.02. The summed E-state index contributed by atoms with van der Waals surface area (Å²) >= 11 is 11.8. The number of halogens is 4. The topological polar surface area (TPSA) is 78.4 Å². The van der Waals surface area contributed by atoms with E-state index in [1.807, 2.05) is 0 Å². The Morgan fingerprint density at radius 3 is 2.52 bits per heavy atom. The molecule has 122 valence electrons. The van der Waals surface area contributed by atoms with E-state index in [0.29, 0.717) is 6.07 Å². The molecule has 0 aliphatic rings. The largest absolute Gasteiger partial charge is 0.483 e. The van der Waals surface area contributed by atoms with Crippen LogP contribution in [0.25, 0.3) is 0 Å². The fourth-order valence-corrected chi connectivity index (χ4v) is 2.65. The summed E-state index contributed by atoms with van der Waals surface area (Å²) in [4.78, 5) is 9.88. The van der Waals surface area contributed by atoms with Gasteiger partial charge in [-0.1, -0.05) is 23.2 Å². The zero-order chi connectivity index (χ0) is 17.3. The van der Waals surface area contributed by atoms with Gasteiger partial charge in [0.1, 0.15) is 17.6 Å². The number of hydrogen-bond donors (Lipinski definition) is 1. The molecule has 0 spiro atoms. The number of nitro groups is 1. The van der Waals surface area contributed by atoms with E-state index in [-0.39, 0.29) is 27.0 Å². The van der Waals surface area contributed by atoms with E-state index in [2.05, 4.69) is 0 Å². The minimum atomic E-state index is -0.985. The Labute approximate surface area is 139 Å². The van der Waals surface area contributed by atoms with Gasteiger partial charge in [-0.3, -0.25) is 10.1 Å². The number of nitrogens with zero attached hydrogens (tertiary/aromatic N) is 1. The molecule has 0 amide bonds. The lowest BCUT2D eigenvalue weighted by Gasteiger charge is -2.18. The highest BCUT2D eigenvalue weighted by atomic mass is 35.5. The molecule has 0 fully saturated rings. The minimum absolute atomic E-state index is 0.129. The highest BCUT2D eigenvalue weighted by Crippen LogP contribution is 2.37. The van der Waals surface area contributed by atoms with Gasteiger partial charge in [0.05, 0.1) is 16.0 Å². The first-order chi connectivity index (χ1) is 10.7. The normalized spacial score (nSPS) is 12.0. The fourth-order valence-electron chi connectivity index (χ4n) is 1.97. The van der Waals surface area contributed by atoms with Gasteiger partial charge in [0.15, 0.2) is 11.6 Å². The Morgan fingerprint density at radius 1 is 1.26 bits per heavy atom. The molecule has 0 aromatic heterocycles. The Balaban J connectivity index is 2.38. The number of benzene rings is 2. The van der Waals surface area contributed by atoms with Crippen molar-refractivity contribution in [3.8, 4) is 5.75 Å².